The van der Waals surface area contributed by atoms with Gasteiger partial charge in [0, 0.05) is 6.20 Å². The summed E-state index contributed by atoms with van der Waals surface area (Å²) in [6.07, 6.45) is 5.45. The number of rotatable bonds is 2. The fourth-order valence-electron chi connectivity index (χ4n) is 1.41. The van der Waals surface area contributed by atoms with E-state index in [1.165, 1.54) is 0 Å². The van der Waals surface area contributed by atoms with Crippen molar-refractivity contribution in [3.8, 4) is 0 Å². The number of nitrogens with zero attached hydrogens (tertiary/aromatic N) is 2. The first-order valence-electron chi connectivity index (χ1n) is 4.61. The van der Waals surface area contributed by atoms with Gasteiger partial charge < -0.3 is 5.73 Å². The number of hydrogen-bond donors (Lipinski definition) is 2. The zero-order valence-corrected chi connectivity index (χ0v) is 8.49. The lowest BCUT2D eigenvalue weighted by Gasteiger charge is -1.99. The maximum Gasteiger partial charge on any atom is 0.183 e. The van der Waals surface area contributed by atoms with Crippen molar-refractivity contribution >= 4 is 22.4 Å². The number of allylic oxidation sites excluding steroid dienone is 3. The monoisotopic (exact) mass is 200 g/mol. The minimum Gasteiger partial charge on any atom is -0.384 e. The van der Waals surface area contributed by atoms with E-state index in [4.69, 9.17) is 5.73 Å². The Hall–Kier alpha value is -2.10. The summed E-state index contributed by atoms with van der Waals surface area (Å²) in [5, 5.41) is 7.52. The van der Waals surface area contributed by atoms with E-state index in [-0.39, 0.29) is 0 Å². The van der Waals surface area contributed by atoms with Gasteiger partial charge in [0.25, 0.3) is 0 Å². The molecule has 3 N–H and O–H groups in total. The fraction of sp³-hybridized carbons (Fsp3) is 0.0909. The molecule has 15 heavy (non-hydrogen) atoms. The summed E-state index contributed by atoms with van der Waals surface area (Å²) < 4.78 is 0. The van der Waals surface area contributed by atoms with Crippen molar-refractivity contribution in [2.75, 3.05) is 5.73 Å². The lowest BCUT2D eigenvalue weighted by molar-refractivity contribution is 1.10. The number of anilines is 1. The van der Waals surface area contributed by atoms with Crippen LogP contribution in [0.4, 0.5) is 5.82 Å². The number of hydrogen-bond acceptors (Lipinski definition) is 3. The molecule has 0 amide bonds. The molecular formula is C11H12N4. The normalized spacial score (nSPS) is 11.9. The number of nitrogen functional groups attached to an aromatic ring is 1. The number of nitrogens with one attached hydrogen (secondary N) is 1. The van der Waals surface area contributed by atoms with Gasteiger partial charge in [-0.3, -0.25) is 5.10 Å². The third kappa shape index (κ3) is 1.61. The molecule has 2 aromatic rings. The van der Waals surface area contributed by atoms with Gasteiger partial charge in [-0.15, -0.1) is 0 Å². The van der Waals surface area contributed by atoms with Crippen LogP contribution in [0.3, 0.4) is 0 Å². The summed E-state index contributed by atoms with van der Waals surface area (Å²) in [5.41, 5.74) is 8.48. The van der Waals surface area contributed by atoms with Crippen molar-refractivity contribution < 1.29 is 0 Å². The minimum atomic E-state index is 0.547. The molecule has 0 unspecified atom stereocenters. The van der Waals surface area contributed by atoms with Crippen molar-refractivity contribution in [1.29, 1.82) is 0 Å². The third-order valence-corrected chi connectivity index (χ3v) is 2.26. The molecule has 0 aliphatic carbocycles. The van der Waals surface area contributed by atoms with Crippen molar-refractivity contribution in [1.82, 2.24) is 15.2 Å². The topological polar surface area (TPSA) is 67.6 Å². The van der Waals surface area contributed by atoms with Gasteiger partial charge in [-0.05, 0) is 24.1 Å². The minimum absolute atomic E-state index is 0.547. The van der Waals surface area contributed by atoms with E-state index >= 15 is 0 Å². The first-order valence-corrected chi connectivity index (χ1v) is 4.61. The zero-order chi connectivity index (χ0) is 10.8. The Bertz CT molecular complexity index is 537. The van der Waals surface area contributed by atoms with Crippen molar-refractivity contribution in [3.63, 3.8) is 0 Å². The third-order valence-electron chi connectivity index (χ3n) is 2.26. The molecule has 2 aromatic heterocycles. The number of pyridine rings is 1. The number of nitrogens with two attached hydrogens (primary N) is 1. The number of aromatic amines is 1. The van der Waals surface area contributed by atoms with Gasteiger partial charge in [-0.1, -0.05) is 18.7 Å². The molecule has 0 fully saturated rings. The predicted octanol–water partition coefficient (Wildman–Crippen LogP) is 2.13. The van der Waals surface area contributed by atoms with E-state index in [1.54, 1.807) is 12.3 Å². The highest BCUT2D eigenvalue weighted by Crippen LogP contribution is 2.21. The molecule has 0 aromatic carbocycles. The van der Waals surface area contributed by atoms with Gasteiger partial charge in [0.1, 0.15) is 5.82 Å². The second kappa shape index (κ2) is 3.57. The van der Waals surface area contributed by atoms with E-state index in [2.05, 4.69) is 21.8 Å². The number of aromatic nitrogens is 3. The van der Waals surface area contributed by atoms with Crippen molar-refractivity contribution in [2.45, 2.75) is 6.92 Å². The molecule has 76 valence electrons. The Morgan fingerprint density at radius 3 is 3.13 bits per heavy atom. The maximum absolute atomic E-state index is 5.72. The summed E-state index contributed by atoms with van der Waals surface area (Å²) in [6, 6.07) is 1.97. The quantitative estimate of drug-likeness (QED) is 0.730. The van der Waals surface area contributed by atoms with Crippen LogP contribution < -0.4 is 5.73 Å². The zero-order valence-electron chi connectivity index (χ0n) is 8.49. The fourth-order valence-corrected chi connectivity index (χ4v) is 1.41. The molecule has 0 atom stereocenters. The van der Waals surface area contributed by atoms with E-state index in [1.807, 2.05) is 19.1 Å². The molecule has 0 spiro atoms. The highest BCUT2D eigenvalue weighted by molar-refractivity contribution is 5.88. The van der Waals surface area contributed by atoms with Crippen LogP contribution in [0, 0.1) is 0 Å². The average Bonchev–Trinajstić information content (AvgIpc) is 2.60. The summed E-state index contributed by atoms with van der Waals surface area (Å²) in [6.45, 7) is 5.66. The lowest BCUT2D eigenvalue weighted by Crippen LogP contribution is -1.86. The molecule has 0 saturated heterocycles. The molecule has 2 heterocycles. The van der Waals surface area contributed by atoms with Gasteiger partial charge >= 0.3 is 0 Å². The molecule has 4 nitrogen and oxygen atoms in total. The van der Waals surface area contributed by atoms with Crippen LogP contribution in [0.1, 0.15) is 12.5 Å². The van der Waals surface area contributed by atoms with Gasteiger partial charge in [0.05, 0.1) is 5.39 Å². The Morgan fingerprint density at radius 1 is 1.60 bits per heavy atom. The molecule has 0 saturated carbocycles. The van der Waals surface area contributed by atoms with E-state index in [0.29, 0.717) is 11.5 Å². The lowest BCUT2D eigenvalue weighted by atomic mass is 10.1. The van der Waals surface area contributed by atoms with Crippen LogP contribution in [0.15, 0.2) is 31.0 Å². The maximum atomic E-state index is 5.72. The van der Waals surface area contributed by atoms with Crippen LogP contribution in [0.25, 0.3) is 16.6 Å². The second-order valence-electron chi connectivity index (χ2n) is 3.32. The first-order chi connectivity index (χ1) is 7.22. The molecule has 2 rings (SSSR count). The highest BCUT2D eigenvalue weighted by Gasteiger charge is 2.04. The van der Waals surface area contributed by atoms with Crippen molar-refractivity contribution in [2.24, 2.45) is 0 Å². The summed E-state index contributed by atoms with van der Waals surface area (Å²) in [7, 11) is 0. The van der Waals surface area contributed by atoms with E-state index in [9.17, 15) is 0 Å². The Balaban J connectivity index is 2.59. The molecule has 0 aliphatic rings. The molecular weight excluding hydrogens is 188 g/mol. The Kier molecular flexibility index (Phi) is 2.25. The predicted molar refractivity (Wildman–Crippen MR) is 62.1 cm³/mol. The van der Waals surface area contributed by atoms with Crippen LogP contribution in [0.2, 0.25) is 0 Å². The SMILES string of the molecule is C=C/C=C(\C)c1cnc2n[nH]c(N)c2c1. The van der Waals surface area contributed by atoms with Gasteiger partial charge in [-0.2, -0.15) is 5.10 Å². The number of fused-ring (bicyclic) bond motifs is 1. The van der Waals surface area contributed by atoms with Gasteiger partial charge in [0.15, 0.2) is 5.65 Å². The first kappa shape index (κ1) is 9.45. The molecule has 0 aliphatic heterocycles. The Morgan fingerprint density at radius 2 is 2.40 bits per heavy atom. The number of H-pyrrole nitrogens is 1. The molecule has 0 radical (unpaired) electrons. The Labute approximate surface area is 87.5 Å². The highest BCUT2D eigenvalue weighted by atomic mass is 15.2. The summed E-state index contributed by atoms with van der Waals surface area (Å²) in [5.74, 6) is 0.547. The van der Waals surface area contributed by atoms with Crippen LogP contribution >= 0.6 is 0 Å². The molecule has 4 heteroatoms. The second-order valence-corrected chi connectivity index (χ2v) is 3.32. The van der Waals surface area contributed by atoms with Gasteiger partial charge in [0.2, 0.25) is 0 Å². The van der Waals surface area contributed by atoms with Crippen molar-refractivity contribution in [3.05, 3.63) is 36.6 Å². The smallest absolute Gasteiger partial charge is 0.183 e. The standard InChI is InChI=1S/C11H12N4/c1-3-4-7(2)8-5-9-10(12)14-15-11(9)13-6-8/h3-6H,1H2,2H3,(H3,12,13,14,15)/b7-4+. The summed E-state index contributed by atoms with van der Waals surface area (Å²) in [4.78, 5) is 4.21. The van der Waals surface area contributed by atoms with Gasteiger partial charge in [-0.25, -0.2) is 4.98 Å². The summed E-state index contributed by atoms with van der Waals surface area (Å²) >= 11 is 0. The largest absolute Gasteiger partial charge is 0.384 e. The van der Waals surface area contributed by atoms with Crippen LogP contribution in [-0.4, -0.2) is 15.2 Å². The molecule has 0 bridgehead atoms. The van der Waals surface area contributed by atoms with E-state index in [0.717, 1.165) is 16.5 Å². The van der Waals surface area contributed by atoms with E-state index < -0.39 is 0 Å². The van der Waals surface area contributed by atoms with Crippen LogP contribution in [-0.2, 0) is 0 Å². The van der Waals surface area contributed by atoms with Crippen LogP contribution in [0.5, 0.6) is 0 Å². The average molecular weight is 200 g/mol.